The summed E-state index contributed by atoms with van der Waals surface area (Å²) >= 11 is 0. The summed E-state index contributed by atoms with van der Waals surface area (Å²) in [4.78, 5) is 25.3. The lowest BCUT2D eigenvalue weighted by Crippen LogP contribution is -2.13. The SMILES string of the molecule is CCCCCc1ccc(C(=O)Nc2cccc3c(=O)cc(-c4nnn[nH]4)oc23)cc1. The molecule has 0 spiro atoms. The number of aromatic amines is 1. The number of nitrogens with one attached hydrogen (secondary N) is 2. The molecule has 8 nitrogen and oxygen atoms in total. The van der Waals surface area contributed by atoms with E-state index in [1.165, 1.54) is 24.5 Å². The minimum absolute atomic E-state index is 0.190. The molecule has 0 atom stereocenters. The van der Waals surface area contributed by atoms with Crippen molar-refractivity contribution >= 4 is 22.6 Å². The van der Waals surface area contributed by atoms with Crippen LogP contribution in [-0.4, -0.2) is 26.5 Å². The van der Waals surface area contributed by atoms with E-state index in [0.29, 0.717) is 16.6 Å². The fourth-order valence-electron chi connectivity index (χ4n) is 3.25. The van der Waals surface area contributed by atoms with E-state index >= 15 is 0 Å². The van der Waals surface area contributed by atoms with Crippen molar-refractivity contribution in [3.05, 3.63) is 69.9 Å². The average molecular weight is 403 g/mol. The Bertz CT molecular complexity index is 1210. The lowest BCUT2D eigenvalue weighted by Gasteiger charge is -2.09. The number of nitrogens with zero attached hydrogens (tertiary/aromatic N) is 3. The monoisotopic (exact) mass is 403 g/mol. The first-order valence-electron chi connectivity index (χ1n) is 9.87. The molecule has 2 aromatic heterocycles. The highest BCUT2D eigenvalue weighted by Crippen LogP contribution is 2.25. The number of aromatic nitrogens is 4. The van der Waals surface area contributed by atoms with E-state index in [2.05, 4.69) is 32.9 Å². The van der Waals surface area contributed by atoms with Gasteiger partial charge in [0.1, 0.15) is 0 Å². The summed E-state index contributed by atoms with van der Waals surface area (Å²) in [5, 5.41) is 16.5. The molecular weight excluding hydrogens is 382 g/mol. The van der Waals surface area contributed by atoms with E-state index < -0.39 is 0 Å². The third-order valence-corrected chi connectivity index (χ3v) is 4.87. The average Bonchev–Trinajstić information content (AvgIpc) is 3.30. The molecule has 0 unspecified atom stereocenters. The van der Waals surface area contributed by atoms with Crippen molar-refractivity contribution in [1.29, 1.82) is 0 Å². The predicted molar refractivity (Wildman–Crippen MR) is 113 cm³/mol. The van der Waals surface area contributed by atoms with Gasteiger partial charge < -0.3 is 9.73 Å². The fourth-order valence-corrected chi connectivity index (χ4v) is 3.25. The molecule has 2 heterocycles. The van der Waals surface area contributed by atoms with Gasteiger partial charge in [-0.15, -0.1) is 5.10 Å². The lowest BCUT2D eigenvalue weighted by atomic mass is 10.0. The zero-order valence-electron chi connectivity index (χ0n) is 16.5. The Labute approximate surface area is 172 Å². The molecule has 0 aliphatic carbocycles. The first kappa shape index (κ1) is 19.5. The molecule has 0 radical (unpaired) electrons. The second-order valence-corrected chi connectivity index (χ2v) is 7.02. The summed E-state index contributed by atoms with van der Waals surface area (Å²) < 4.78 is 5.84. The molecule has 30 heavy (non-hydrogen) atoms. The largest absolute Gasteiger partial charge is 0.450 e. The zero-order chi connectivity index (χ0) is 20.9. The maximum atomic E-state index is 12.8. The third-order valence-electron chi connectivity index (χ3n) is 4.87. The molecule has 2 aromatic carbocycles. The van der Waals surface area contributed by atoms with Crippen LogP contribution in [0.3, 0.4) is 0 Å². The highest BCUT2D eigenvalue weighted by molar-refractivity contribution is 6.08. The van der Waals surface area contributed by atoms with Crippen LogP contribution in [0, 0.1) is 0 Å². The maximum absolute atomic E-state index is 12.8. The van der Waals surface area contributed by atoms with Crippen molar-refractivity contribution in [3.8, 4) is 11.6 Å². The molecular formula is C22H21N5O3. The molecule has 0 aliphatic rings. The minimum atomic E-state index is -0.281. The smallest absolute Gasteiger partial charge is 0.255 e. The van der Waals surface area contributed by atoms with Crippen LogP contribution in [-0.2, 0) is 6.42 Å². The first-order chi connectivity index (χ1) is 14.7. The van der Waals surface area contributed by atoms with Crippen LogP contribution in [0.1, 0.15) is 42.1 Å². The Kier molecular flexibility index (Phi) is 5.65. The van der Waals surface area contributed by atoms with E-state index in [1.54, 1.807) is 18.2 Å². The number of H-pyrrole nitrogens is 1. The summed E-state index contributed by atoms with van der Waals surface area (Å²) in [6, 6.07) is 13.9. The molecule has 4 aromatic rings. The number of amides is 1. The number of aryl methyl sites for hydroxylation is 1. The van der Waals surface area contributed by atoms with Gasteiger partial charge in [-0.05, 0) is 53.1 Å². The molecule has 0 saturated heterocycles. The van der Waals surface area contributed by atoms with E-state index in [4.69, 9.17) is 4.42 Å². The van der Waals surface area contributed by atoms with E-state index in [1.807, 2.05) is 24.3 Å². The Hall–Kier alpha value is -3.81. The van der Waals surface area contributed by atoms with Gasteiger partial charge in [-0.1, -0.05) is 38.0 Å². The van der Waals surface area contributed by atoms with Crippen molar-refractivity contribution < 1.29 is 9.21 Å². The molecule has 0 aliphatic heterocycles. The van der Waals surface area contributed by atoms with Gasteiger partial charge in [0.25, 0.3) is 5.91 Å². The molecule has 0 bridgehead atoms. The standard InChI is InChI=1S/C22H21N5O3/c1-2-3-4-6-14-9-11-15(12-10-14)22(29)23-17-8-5-7-16-18(28)13-19(30-20(16)17)21-24-26-27-25-21/h5,7-13H,2-4,6H2,1H3,(H,23,29)(H,24,25,26,27). The van der Waals surface area contributed by atoms with Gasteiger partial charge in [0.2, 0.25) is 5.82 Å². The Balaban J connectivity index is 1.60. The van der Waals surface area contributed by atoms with Crippen LogP contribution in [0.15, 0.2) is 57.7 Å². The zero-order valence-corrected chi connectivity index (χ0v) is 16.5. The van der Waals surface area contributed by atoms with Crippen molar-refractivity contribution in [1.82, 2.24) is 20.6 Å². The van der Waals surface area contributed by atoms with Crippen LogP contribution in [0.25, 0.3) is 22.6 Å². The van der Waals surface area contributed by atoms with Crippen molar-refractivity contribution in [2.45, 2.75) is 32.6 Å². The van der Waals surface area contributed by atoms with Gasteiger partial charge in [-0.25, -0.2) is 5.10 Å². The molecule has 0 saturated carbocycles. The number of tetrazole rings is 1. The quantitative estimate of drug-likeness (QED) is 0.452. The van der Waals surface area contributed by atoms with Crippen LogP contribution < -0.4 is 10.7 Å². The second-order valence-electron chi connectivity index (χ2n) is 7.02. The fraction of sp³-hybridized carbons (Fsp3) is 0.227. The second kappa shape index (κ2) is 8.69. The number of hydrogen-bond acceptors (Lipinski definition) is 6. The molecule has 4 rings (SSSR count). The number of carbonyl (C=O) groups is 1. The number of rotatable bonds is 7. The Morgan fingerprint density at radius 1 is 1.13 bits per heavy atom. The summed E-state index contributed by atoms with van der Waals surface area (Å²) in [7, 11) is 0. The number of hydrogen-bond donors (Lipinski definition) is 2. The molecule has 152 valence electrons. The predicted octanol–water partition coefficient (Wildman–Crippen LogP) is 3.96. The van der Waals surface area contributed by atoms with Gasteiger partial charge in [0.15, 0.2) is 16.8 Å². The van der Waals surface area contributed by atoms with Crippen molar-refractivity contribution in [2.24, 2.45) is 0 Å². The normalized spacial score (nSPS) is 11.0. The number of benzene rings is 2. The molecule has 0 fully saturated rings. The number of para-hydroxylation sites is 1. The molecule has 1 amide bonds. The van der Waals surface area contributed by atoms with E-state index in [9.17, 15) is 9.59 Å². The van der Waals surface area contributed by atoms with E-state index in [0.717, 1.165) is 12.8 Å². The van der Waals surface area contributed by atoms with Crippen LogP contribution in [0.4, 0.5) is 5.69 Å². The number of anilines is 1. The molecule has 2 N–H and O–H groups in total. The topological polar surface area (TPSA) is 114 Å². The van der Waals surface area contributed by atoms with Crippen LogP contribution in [0.5, 0.6) is 0 Å². The molecule has 8 heteroatoms. The third kappa shape index (κ3) is 4.12. The van der Waals surface area contributed by atoms with Gasteiger partial charge in [0.05, 0.1) is 11.1 Å². The van der Waals surface area contributed by atoms with Crippen LogP contribution >= 0.6 is 0 Å². The Morgan fingerprint density at radius 3 is 2.70 bits per heavy atom. The van der Waals surface area contributed by atoms with Crippen molar-refractivity contribution in [3.63, 3.8) is 0 Å². The highest BCUT2D eigenvalue weighted by atomic mass is 16.3. The number of unbranched alkanes of at least 4 members (excludes halogenated alkanes) is 2. The van der Waals surface area contributed by atoms with Gasteiger partial charge in [-0.3, -0.25) is 9.59 Å². The van der Waals surface area contributed by atoms with Gasteiger partial charge in [0, 0.05) is 11.6 Å². The summed E-state index contributed by atoms with van der Waals surface area (Å²) in [6.07, 6.45) is 4.51. The number of fused-ring (bicyclic) bond motifs is 1. The summed E-state index contributed by atoms with van der Waals surface area (Å²) in [5.74, 6) is 0.140. The summed E-state index contributed by atoms with van der Waals surface area (Å²) in [6.45, 7) is 2.17. The lowest BCUT2D eigenvalue weighted by molar-refractivity contribution is 0.102. The Morgan fingerprint density at radius 2 is 1.97 bits per heavy atom. The number of carbonyl (C=O) groups excluding carboxylic acids is 1. The first-order valence-corrected chi connectivity index (χ1v) is 9.87. The summed E-state index contributed by atoms with van der Waals surface area (Å²) in [5.41, 5.74) is 2.15. The van der Waals surface area contributed by atoms with Crippen LogP contribution in [0.2, 0.25) is 0 Å². The van der Waals surface area contributed by atoms with Crippen molar-refractivity contribution in [2.75, 3.05) is 5.32 Å². The maximum Gasteiger partial charge on any atom is 0.255 e. The van der Waals surface area contributed by atoms with Gasteiger partial charge >= 0.3 is 0 Å². The highest BCUT2D eigenvalue weighted by Gasteiger charge is 2.15. The minimum Gasteiger partial charge on any atom is -0.450 e. The van der Waals surface area contributed by atoms with E-state index in [-0.39, 0.29) is 28.5 Å². The van der Waals surface area contributed by atoms with Gasteiger partial charge in [-0.2, -0.15) is 0 Å².